The van der Waals surface area contributed by atoms with Gasteiger partial charge in [0.15, 0.2) is 5.84 Å². The Kier molecular flexibility index (Phi) is 6.83. The van der Waals surface area contributed by atoms with E-state index in [1.165, 1.54) is 10.8 Å². The van der Waals surface area contributed by atoms with Crippen molar-refractivity contribution in [2.24, 2.45) is 9.98 Å². The number of nitrogens with zero attached hydrogens (tertiary/aromatic N) is 4. The second-order valence-corrected chi connectivity index (χ2v) is 13.0. The van der Waals surface area contributed by atoms with Gasteiger partial charge < -0.3 is 14.3 Å². The minimum Gasteiger partial charge on any atom is -0.456 e. The zero-order valence-corrected chi connectivity index (χ0v) is 27.9. The van der Waals surface area contributed by atoms with Crippen molar-refractivity contribution in [3.63, 3.8) is 0 Å². The summed E-state index contributed by atoms with van der Waals surface area (Å²) in [5.41, 5.74) is 10.4. The van der Waals surface area contributed by atoms with E-state index in [0.717, 1.165) is 66.5 Å². The van der Waals surface area contributed by atoms with Crippen LogP contribution in [0.4, 0.5) is 0 Å². The van der Waals surface area contributed by atoms with Crippen LogP contribution in [0, 0.1) is 11.3 Å². The molecule has 0 saturated heterocycles. The third-order valence-corrected chi connectivity index (χ3v) is 9.86. The first-order valence-electron chi connectivity index (χ1n) is 17.2. The third-order valence-electron chi connectivity index (χ3n) is 9.86. The number of para-hydroxylation sites is 3. The van der Waals surface area contributed by atoms with Gasteiger partial charge in [-0.25, -0.2) is 9.98 Å². The monoisotopic (exact) mass is 667 g/mol. The minimum atomic E-state index is -0.385. The summed E-state index contributed by atoms with van der Waals surface area (Å²) in [6, 6.07) is 58.2. The Balaban J connectivity index is 1.20. The van der Waals surface area contributed by atoms with Crippen molar-refractivity contribution >= 4 is 55.4 Å². The molecule has 6 nitrogen and oxygen atoms in total. The van der Waals surface area contributed by atoms with Crippen molar-refractivity contribution in [3.05, 3.63) is 186 Å². The highest BCUT2D eigenvalue weighted by Crippen LogP contribution is 2.41. The molecule has 0 radical (unpaired) electrons. The van der Waals surface area contributed by atoms with Crippen molar-refractivity contribution in [3.8, 4) is 22.9 Å². The van der Waals surface area contributed by atoms with Crippen LogP contribution in [0.2, 0.25) is 0 Å². The normalized spacial score (nSPS) is 14.3. The summed E-state index contributed by atoms with van der Waals surface area (Å²) in [7, 11) is 0. The molecule has 10 rings (SSSR count). The summed E-state index contributed by atoms with van der Waals surface area (Å²) in [5.74, 6) is 1.23. The van der Waals surface area contributed by atoms with Gasteiger partial charge in [0.25, 0.3) is 0 Å². The van der Waals surface area contributed by atoms with Gasteiger partial charge in [0.1, 0.15) is 23.2 Å². The van der Waals surface area contributed by atoms with E-state index in [-0.39, 0.29) is 6.17 Å². The van der Waals surface area contributed by atoms with Gasteiger partial charge >= 0.3 is 0 Å². The summed E-state index contributed by atoms with van der Waals surface area (Å²) in [6.45, 7) is 0. The van der Waals surface area contributed by atoms with Crippen molar-refractivity contribution in [2.75, 3.05) is 0 Å². The molecule has 0 fully saturated rings. The lowest BCUT2D eigenvalue weighted by Gasteiger charge is -2.24. The average molecular weight is 668 g/mol. The zero-order valence-electron chi connectivity index (χ0n) is 27.9. The highest BCUT2D eigenvalue weighted by atomic mass is 16.3. The fraction of sp³-hybridized carbons (Fsp3) is 0.0217. The largest absolute Gasteiger partial charge is 0.456 e. The molecule has 1 N–H and O–H groups in total. The highest BCUT2D eigenvalue weighted by Gasteiger charge is 2.24. The van der Waals surface area contributed by atoms with Crippen molar-refractivity contribution in [2.45, 2.75) is 6.17 Å². The molecule has 9 aromatic rings. The molecule has 0 aliphatic carbocycles. The molecule has 0 bridgehead atoms. The van der Waals surface area contributed by atoms with E-state index in [1.807, 2.05) is 48.5 Å². The molecule has 1 unspecified atom stereocenters. The molecule has 1 aliphatic heterocycles. The first kappa shape index (κ1) is 29.7. The smallest absolute Gasteiger partial charge is 0.159 e. The molecular formula is C46H29N5O. The van der Waals surface area contributed by atoms with Gasteiger partial charge in [0.05, 0.1) is 22.7 Å². The minimum absolute atomic E-state index is 0.385. The van der Waals surface area contributed by atoms with E-state index in [1.54, 1.807) is 6.07 Å². The van der Waals surface area contributed by atoms with E-state index < -0.39 is 0 Å². The number of aromatic nitrogens is 1. The topological polar surface area (TPSA) is 78.6 Å². The summed E-state index contributed by atoms with van der Waals surface area (Å²) in [6.07, 6.45) is -0.385. The summed E-state index contributed by atoms with van der Waals surface area (Å²) in [5, 5.41) is 17.7. The lowest BCUT2D eigenvalue weighted by atomic mass is 9.95. The fourth-order valence-corrected chi connectivity index (χ4v) is 7.47. The van der Waals surface area contributed by atoms with E-state index >= 15 is 0 Å². The number of hydrogen-bond donors (Lipinski definition) is 1. The van der Waals surface area contributed by atoms with Gasteiger partial charge in [-0.15, -0.1) is 0 Å². The number of nitriles is 1. The molecule has 1 atom stereocenters. The number of rotatable bonds is 5. The van der Waals surface area contributed by atoms with Crippen LogP contribution in [0.15, 0.2) is 178 Å². The van der Waals surface area contributed by atoms with Crippen LogP contribution in [0.5, 0.6) is 0 Å². The number of aliphatic imine (C=N–C) groups is 2. The molecule has 7 aromatic carbocycles. The molecule has 3 heterocycles. The van der Waals surface area contributed by atoms with Crippen molar-refractivity contribution in [1.29, 1.82) is 5.26 Å². The molecule has 2 aromatic heterocycles. The summed E-state index contributed by atoms with van der Waals surface area (Å²) >= 11 is 0. The van der Waals surface area contributed by atoms with E-state index in [2.05, 4.69) is 125 Å². The molecule has 6 heteroatoms. The molecule has 0 amide bonds. The van der Waals surface area contributed by atoms with Crippen LogP contribution < -0.4 is 5.32 Å². The first-order valence-corrected chi connectivity index (χ1v) is 17.2. The second-order valence-electron chi connectivity index (χ2n) is 13.0. The Labute approximate surface area is 299 Å². The Morgan fingerprint density at radius 2 is 1.35 bits per heavy atom. The molecule has 0 spiro atoms. The Morgan fingerprint density at radius 1 is 0.596 bits per heavy atom. The third kappa shape index (κ3) is 4.87. The van der Waals surface area contributed by atoms with E-state index in [9.17, 15) is 5.26 Å². The Hall–Kier alpha value is -7.23. The van der Waals surface area contributed by atoms with E-state index in [4.69, 9.17) is 14.4 Å². The SMILES string of the molecule is N#Cc1cccc(C2=NC(c3ccccc3)NC(c3cc(-c4ccc5c(c4)c4ccccc4n5-c4ccccc4)c4c(c3)oc3ccccc34)=N2)c1. The van der Waals surface area contributed by atoms with Crippen molar-refractivity contribution < 1.29 is 4.42 Å². The highest BCUT2D eigenvalue weighted by molar-refractivity contribution is 6.19. The second kappa shape index (κ2) is 12.0. The quantitative estimate of drug-likeness (QED) is 0.198. The maximum Gasteiger partial charge on any atom is 0.159 e. The maximum atomic E-state index is 9.65. The first-order chi connectivity index (χ1) is 25.7. The van der Waals surface area contributed by atoms with Crippen LogP contribution in [0.25, 0.3) is 60.6 Å². The van der Waals surface area contributed by atoms with Gasteiger partial charge in [-0.1, -0.05) is 103 Å². The Bertz CT molecular complexity index is 2950. The van der Waals surface area contributed by atoms with Crippen LogP contribution in [-0.2, 0) is 0 Å². The van der Waals surface area contributed by atoms with Gasteiger partial charge in [-0.05, 0) is 77.4 Å². The summed E-state index contributed by atoms with van der Waals surface area (Å²) < 4.78 is 8.90. The zero-order chi connectivity index (χ0) is 34.6. The number of benzene rings is 7. The lowest BCUT2D eigenvalue weighted by Crippen LogP contribution is -2.33. The number of fused-ring (bicyclic) bond motifs is 6. The predicted molar refractivity (Wildman–Crippen MR) is 210 cm³/mol. The molecule has 0 saturated carbocycles. The lowest BCUT2D eigenvalue weighted by molar-refractivity contribution is 0.666. The maximum absolute atomic E-state index is 9.65. The summed E-state index contributed by atoms with van der Waals surface area (Å²) in [4.78, 5) is 10.1. The predicted octanol–water partition coefficient (Wildman–Crippen LogP) is 10.7. The van der Waals surface area contributed by atoms with Crippen LogP contribution in [-0.4, -0.2) is 16.2 Å². The number of amidine groups is 2. The fourth-order valence-electron chi connectivity index (χ4n) is 7.47. The van der Waals surface area contributed by atoms with Gasteiger partial charge in [-0.2, -0.15) is 5.26 Å². The molecular weight excluding hydrogens is 639 g/mol. The molecule has 244 valence electrons. The standard InChI is InChI=1S/C46H29N5O/c47-28-29-12-11-15-32(24-29)45-48-44(30-13-3-1-4-14-30)49-46(50-45)33-26-37(43-36-19-8-10-21-41(36)52-42(43)27-33)31-22-23-40-38(25-31)35-18-7-9-20-39(35)51(40)34-16-5-2-6-17-34/h1-27,44H,(H,48,49,50). The van der Waals surface area contributed by atoms with Gasteiger partial charge in [0, 0.05) is 38.4 Å². The number of hydrogen-bond acceptors (Lipinski definition) is 5. The molecule has 1 aliphatic rings. The van der Waals surface area contributed by atoms with Crippen LogP contribution >= 0.6 is 0 Å². The Morgan fingerprint density at radius 3 is 2.19 bits per heavy atom. The van der Waals surface area contributed by atoms with Crippen LogP contribution in [0.1, 0.15) is 28.4 Å². The van der Waals surface area contributed by atoms with Gasteiger partial charge in [-0.3, -0.25) is 0 Å². The number of nitrogens with one attached hydrogen (secondary N) is 1. The molecule has 52 heavy (non-hydrogen) atoms. The number of furan rings is 1. The average Bonchev–Trinajstić information content (AvgIpc) is 3.76. The van der Waals surface area contributed by atoms with E-state index in [0.29, 0.717) is 17.2 Å². The van der Waals surface area contributed by atoms with Gasteiger partial charge in [0.2, 0.25) is 0 Å². The van der Waals surface area contributed by atoms with Crippen LogP contribution in [0.3, 0.4) is 0 Å². The van der Waals surface area contributed by atoms with Crippen molar-refractivity contribution in [1.82, 2.24) is 9.88 Å².